The standard InChI is InChI=1S/C10H12N4O4S/c1-13-7-6(19-9(11)12-7)8(17)14(10(13)18)4-2-3-5(15)16/h2-4H2,1H3,(H2,11,12)(H,15,16). The van der Waals surface area contributed by atoms with E-state index < -0.39 is 17.2 Å². The Morgan fingerprint density at radius 1 is 1.47 bits per heavy atom. The summed E-state index contributed by atoms with van der Waals surface area (Å²) < 4.78 is 2.56. The third-order valence-corrected chi connectivity index (χ3v) is 3.53. The van der Waals surface area contributed by atoms with E-state index in [1.165, 1.54) is 11.6 Å². The molecule has 0 spiro atoms. The van der Waals surface area contributed by atoms with E-state index in [-0.39, 0.29) is 30.2 Å². The molecule has 0 fully saturated rings. The number of nitrogens with two attached hydrogens (primary N) is 1. The van der Waals surface area contributed by atoms with Gasteiger partial charge in [-0.1, -0.05) is 11.3 Å². The van der Waals surface area contributed by atoms with E-state index >= 15 is 0 Å². The molecule has 0 aliphatic rings. The second-order valence-corrected chi connectivity index (χ2v) is 5.03. The van der Waals surface area contributed by atoms with Gasteiger partial charge in [0.2, 0.25) is 0 Å². The number of fused-ring (bicyclic) bond motifs is 1. The number of nitrogens with zero attached hydrogens (tertiary/aromatic N) is 3. The lowest BCUT2D eigenvalue weighted by atomic mass is 10.3. The summed E-state index contributed by atoms with van der Waals surface area (Å²) in [4.78, 5) is 38.5. The fraction of sp³-hybridized carbons (Fsp3) is 0.400. The van der Waals surface area contributed by atoms with E-state index in [1.54, 1.807) is 0 Å². The van der Waals surface area contributed by atoms with Crippen LogP contribution >= 0.6 is 11.3 Å². The highest BCUT2D eigenvalue weighted by molar-refractivity contribution is 7.21. The van der Waals surface area contributed by atoms with Gasteiger partial charge in [-0.3, -0.25) is 18.7 Å². The van der Waals surface area contributed by atoms with E-state index in [0.717, 1.165) is 15.9 Å². The molecule has 102 valence electrons. The molecule has 19 heavy (non-hydrogen) atoms. The summed E-state index contributed by atoms with van der Waals surface area (Å²) in [6, 6.07) is 0. The number of anilines is 1. The summed E-state index contributed by atoms with van der Waals surface area (Å²) in [6.45, 7) is 0.0611. The molecule has 8 nitrogen and oxygen atoms in total. The monoisotopic (exact) mass is 284 g/mol. The Labute approximate surface area is 110 Å². The van der Waals surface area contributed by atoms with Crippen molar-refractivity contribution in [2.75, 3.05) is 5.73 Å². The molecule has 9 heteroatoms. The van der Waals surface area contributed by atoms with Crippen LogP contribution in [0.1, 0.15) is 12.8 Å². The van der Waals surface area contributed by atoms with Crippen molar-refractivity contribution in [1.29, 1.82) is 0 Å². The molecule has 0 aromatic carbocycles. The van der Waals surface area contributed by atoms with Crippen molar-refractivity contribution in [2.24, 2.45) is 7.05 Å². The van der Waals surface area contributed by atoms with Crippen LogP contribution in [0.4, 0.5) is 5.13 Å². The number of thiazole rings is 1. The third kappa shape index (κ3) is 2.36. The Bertz CT molecular complexity index is 757. The zero-order valence-corrected chi connectivity index (χ0v) is 10.9. The van der Waals surface area contributed by atoms with Gasteiger partial charge < -0.3 is 10.8 Å². The fourth-order valence-corrected chi connectivity index (χ4v) is 2.57. The molecule has 0 amide bonds. The molecular formula is C10H12N4O4S. The SMILES string of the molecule is Cn1c(=O)n(CCCC(=O)O)c(=O)c2sc(N)nc21. The number of rotatable bonds is 4. The Morgan fingerprint density at radius 3 is 2.79 bits per heavy atom. The topological polar surface area (TPSA) is 120 Å². The number of hydrogen-bond acceptors (Lipinski definition) is 6. The maximum Gasteiger partial charge on any atom is 0.332 e. The smallest absolute Gasteiger partial charge is 0.332 e. The van der Waals surface area contributed by atoms with Gasteiger partial charge in [0, 0.05) is 20.0 Å². The lowest BCUT2D eigenvalue weighted by Gasteiger charge is -2.06. The molecule has 0 aliphatic carbocycles. The van der Waals surface area contributed by atoms with Crippen LogP contribution in [0.2, 0.25) is 0 Å². The number of aliphatic carboxylic acids is 1. The molecule has 0 saturated carbocycles. The van der Waals surface area contributed by atoms with Gasteiger partial charge in [0.1, 0.15) is 4.70 Å². The minimum absolute atomic E-state index is 0.0611. The van der Waals surface area contributed by atoms with E-state index in [2.05, 4.69) is 4.98 Å². The summed E-state index contributed by atoms with van der Waals surface area (Å²) in [5.74, 6) is -0.965. The Morgan fingerprint density at radius 2 is 2.16 bits per heavy atom. The van der Waals surface area contributed by atoms with Crippen LogP contribution in [-0.4, -0.2) is 25.2 Å². The zero-order chi connectivity index (χ0) is 14.2. The average molecular weight is 284 g/mol. The van der Waals surface area contributed by atoms with Gasteiger partial charge >= 0.3 is 11.7 Å². The highest BCUT2D eigenvalue weighted by atomic mass is 32.1. The Hall–Kier alpha value is -2.16. The molecule has 0 saturated heterocycles. The molecule has 0 atom stereocenters. The van der Waals surface area contributed by atoms with Crippen molar-refractivity contribution in [3.05, 3.63) is 20.8 Å². The molecular weight excluding hydrogens is 272 g/mol. The Kier molecular flexibility index (Phi) is 3.38. The first kappa shape index (κ1) is 13.3. The van der Waals surface area contributed by atoms with Crippen molar-refractivity contribution in [3.63, 3.8) is 0 Å². The van der Waals surface area contributed by atoms with E-state index in [1.807, 2.05) is 0 Å². The van der Waals surface area contributed by atoms with E-state index in [0.29, 0.717) is 4.70 Å². The Balaban J connectivity index is 2.52. The third-order valence-electron chi connectivity index (χ3n) is 2.67. The summed E-state index contributed by atoms with van der Waals surface area (Å²) in [5.41, 5.74) is 4.80. The second kappa shape index (κ2) is 4.84. The van der Waals surface area contributed by atoms with Crippen LogP contribution in [0, 0.1) is 0 Å². The molecule has 0 bridgehead atoms. The van der Waals surface area contributed by atoms with Crippen molar-refractivity contribution in [3.8, 4) is 0 Å². The van der Waals surface area contributed by atoms with E-state index in [4.69, 9.17) is 10.8 Å². The number of carboxylic acids is 1. The van der Waals surface area contributed by atoms with Crippen LogP contribution in [0.3, 0.4) is 0 Å². The largest absolute Gasteiger partial charge is 0.481 e. The number of carboxylic acid groups (broad SMARTS) is 1. The van der Waals surface area contributed by atoms with Gasteiger partial charge in [0.25, 0.3) is 5.56 Å². The lowest BCUT2D eigenvalue weighted by molar-refractivity contribution is -0.137. The van der Waals surface area contributed by atoms with Crippen molar-refractivity contribution < 1.29 is 9.90 Å². The first-order valence-electron chi connectivity index (χ1n) is 5.49. The van der Waals surface area contributed by atoms with Gasteiger partial charge in [-0.2, -0.15) is 0 Å². The zero-order valence-electron chi connectivity index (χ0n) is 10.1. The van der Waals surface area contributed by atoms with E-state index in [9.17, 15) is 14.4 Å². The highest BCUT2D eigenvalue weighted by Crippen LogP contribution is 2.18. The molecule has 2 aromatic rings. The second-order valence-electron chi connectivity index (χ2n) is 4.00. The molecule has 0 aliphatic heterocycles. The van der Waals surface area contributed by atoms with Crippen LogP contribution in [0.15, 0.2) is 9.59 Å². The summed E-state index contributed by atoms with van der Waals surface area (Å²) in [6.07, 6.45) is 0.114. The molecule has 2 rings (SSSR count). The van der Waals surface area contributed by atoms with Gasteiger partial charge in [0.15, 0.2) is 10.8 Å². The minimum Gasteiger partial charge on any atom is -0.481 e. The molecule has 2 aromatic heterocycles. The van der Waals surface area contributed by atoms with Crippen LogP contribution in [0.25, 0.3) is 10.3 Å². The normalized spacial score (nSPS) is 11.0. The molecule has 0 unspecified atom stereocenters. The van der Waals surface area contributed by atoms with Crippen LogP contribution in [-0.2, 0) is 18.4 Å². The predicted octanol–water partition coefficient (Wildman–Crippen LogP) is -0.396. The van der Waals surface area contributed by atoms with Crippen molar-refractivity contribution in [1.82, 2.24) is 14.1 Å². The lowest BCUT2D eigenvalue weighted by Crippen LogP contribution is -2.38. The number of carbonyl (C=O) groups is 1. The first-order valence-corrected chi connectivity index (χ1v) is 6.31. The maximum atomic E-state index is 12.1. The highest BCUT2D eigenvalue weighted by Gasteiger charge is 2.14. The summed E-state index contributed by atoms with van der Waals surface area (Å²) in [5, 5.41) is 8.78. The average Bonchev–Trinajstić information content (AvgIpc) is 2.73. The van der Waals surface area contributed by atoms with Crippen LogP contribution < -0.4 is 17.0 Å². The first-order chi connectivity index (χ1) is 8.91. The summed E-state index contributed by atoms with van der Waals surface area (Å²) in [7, 11) is 1.50. The van der Waals surface area contributed by atoms with Crippen LogP contribution in [0.5, 0.6) is 0 Å². The van der Waals surface area contributed by atoms with Crippen molar-refractivity contribution in [2.45, 2.75) is 19.4 Å². The van der Waals surface area contributed by atoms with Gasteiger partial charge in [-0.05, 0) is 6.42 Å². The number of hydrogen-bond donors (Lipinski definition) is 2. The van der Waals surface area contributed by atoms with Gasteiger partial charge in [-0.15, -0.1) is 0 Å². The van der Waals surface area contributed by atoms with Crippen molar-refractivity contribution >= 4 is 32.8 Å². The predicted molar refractivity (Wildman–Crippen MR) is 70.4 cm³/mol. The van der Waals surface area contributed by atoms with Gasteiger partial charge in [-0.25, -0.2) is 9.78 Å². The summed E-state index contributed by atoms with van der Waals surface area (Å²) >= 11 is 1.01. The minimum atomic E-state index is -0.965. The van der Waals surface area contributed by atoms with Gasteiger partial charge in [0.05, 0.1) is 0 Å². The quantitative estimate of drug-likeness (QED) is 0.788. The number of aromatic nitrogens is 3. The molecule has 3 N–H and O–H groups in total. The number of aryl methyl sites for hydroxylation is 1. The maximum absolute atomic E-state index is 12.1. The number of nitrogen functional groups attached to an aromatic ring is 1. The molecule has 2 heterocycles. The fourth-order valence-electron chi connectivity index (χ4n) is 1.76. The molecule has 0 radical (unpaired) electrons.